The van der Waals surface area contributed by atoms with Gasteiger partial charge in [0.2, 0.25) is 11.8 Å². The van der Waals surface area contributed by atoms with Crippen molar-refractivity contribution in [2.75, 3.05) is 54.9 Å². The van der Waals surface area contributed by atoms with E-state index < -0.39 is 0 Å². The van der Waals surface area contributed by atoms with E-state index in [-0.39, 0.29) is 24.6 Å². The van der Waals surface area contributed by atoms with Gasteiger partial charge in [0, 0.05) is 50.4 Å². The summed E-state index contributed by atoms with van der Waals surface area (Å²) in [5.74, 6) is 2.22. The molecule has 1 aromatic carbocycles. The van der Waals surface area contributed by atoms with E-state index in [4.69, 9.17) is 14.4 Å². The molecule has 1 aliphatic heterocycles. The maximum Gasteiger partial charge on any atom is 0.259 e. The van der Waals surface area contributed by atoms with Crippen molar-refractivity contribution in [2.45, 2.75) is 37.8 Å². The smallest absolute Gasteiger partial charge is 0.259 e. The third-order valence-electron chi connectivity index (χ3n) is 7.32. The van der Waals surface area contributed by atoms with Crippen LogP contribution in [0.15, 0.2) is 40.9 Å². The van der Waals surface area contributed by atoms with Gasteiger partial charge in [-0.25, -0.2) is 9.37 Å². The SMILES string of the molecule is OCCN1CCN(c2cc(Nc3ncc(-c4nnc(-c5ccc(F)cc5)o4)s3)nc(NC3CCC(O)CC3)n2)CC1. The first-order valence-electron chi connectivity index (χ1n) is 13.8. The quantitative estimate of drug-likeness (QED) is 0.230. The van der Waals surface area contributed by atoms with E-state index in [1.807, 2.05) is 6.07 Å². The molecule has 14 heteroatoms. The first-order valence-corrected chi connectivity index (χ1v) is 14.6. The average Bonchev–Trinajstić information content (AvgIpc) is 3.65. The standard InChI is InChI=1S/C27H32FN9O3S/c28-18-3-1-17(2-4-18)24-34-35-25(40-24)21-16-29-27(41-21)32-22-15-23(37-11-9-36(10-12-37)13-14-38)33-26(31-22)30-19-5-7-20(39)8-6-19/h1-4,15-16,19-20,38-39H,5-14H2,(H2,29,30,31,32,33). The summed E-state index contributed by atoms with van der Waals surface area (Å²) in [5, 5.41) is 34.8. The van der Waals surface area contributed by atoms with Crippen LogP contribution < -0.4 is 15.5 Å². The van der Waals surface area contributed by atoms with E-state index in [1.54, 1.807) is 18.3 Å². The molecule has 1 aliphatic carbocycles. The lowest BCUT2D eigenvalue weighted by molar-refractivity contribution is 0.126. The fourth-order valence-electron chi connectivity index (χ4n) is 5.04. The molecule has 1 saturated carbocycles. The minimum atomic E-state index is -0.334. The van der Waals surface area contributed by atoms with E-state index in [2.05, 4.69) is 35.6 Å². The first kappa shape index (κ1) is 27.4. The molecular weight excluding hydrogens is 549 g/mol. The predicted octanol–water partition coefficient (Wildman–Crippen LogP) is 3.36. The van der Waals surface area contributed by atoms with Crippen LogP contribution in [-0.4, -0.2) is 91.7 Å². The molecule has 41 heavy (non-hydrogen) atoms. The first-order chi connectivity index (χ1) is 20.0. The van der Waals surface area contributed by atoms with Crippen LogP contribution in [0.25, 0.3) is 22.2 Å². The van der Waals surface area contributed by atoms with Gasteiger partial charge in [0.25, 0.3) is 5.89 Å². The van der Waals surface area contributed by atoms with Crippen molar-refractivity contribution in [3.05, 3.63) is 42.3 Å². The number of nitrogens with zero attached hydrogens (tertiary/aromatic N) is 7. The molecule has 1 saturated heterocycles. The van der Waals surface area contributed by atoms with Gasteiger partial charge in [-0.05, 0) is 49.9 Å². The monoisotopic (exact) mass is 581 g/mol. The Hall–Kier alpha value is -3.72. The van der Waals surface area contributed by atoms with E-state index >= 15 is 0 Å². The number of benzene rings is 1. The van der Waals surface area contributed by atoms with Crippen LogP contribution in [-0.2, 0) is 0 Å². The van der Waals surface area contributed by atoms with Gasteiger partial charge in [0.15, 0.2) is 5.13 Å². The van der Waals surface area contributed by atoms with Crippen molar-refractivity contribution < 1.29 is 19.0 Å². The lowest BCUT2D eigenvalue weighted by Crippen LogP contribution is -2.47. The van der Waals surface area contributed by atoms with E-state index in [0.717, 1.165) is 57.7 Å². The number of β-amino-alcohol motifs (C(OH)–C–C–N with tert-alkyl or cyclic N) is 1. The number of hydrogen-bond donors (Lipinski definition) is 4. The lowest BCUT2D eigenvalue weighted by Gasteiger charge is -2.35. The zero-order chi connectivity index (χ0) is 28.2. The summed E-state index contributed by atoms with van der Waals surface area (Å²) in [6.07, 6.45) is 4.65. The zero-order valence-corrected chi connectivity index (χ0v) is 23.2. The maximum absolute atomic E-state index is 13.3. The molecule has 0 bridgehead atoms. The van der Waals surface area contributed by atoms with Gasteiger partial charge in [-0.3, -0.25) is 4.90 Å². The highest BCUT2D eigenvalue weighted by Gasteiger charge is 2.23. The summed E-state index contributed by atoms with van der Waals surface area (Å²) in [7, 11) is 0. The zero-order valence-electron chi connectivity index (χ0n) is 22.4. The van der Waals surface area contributed by atoms with Crippen LogP contribution in [0.3, 0.4) is 0 Å². The van der Waals surface area contributed by atoms with Crippen molar-refractivity contribution in [1.29, 1.82) is 0 Å². The number of anilines is 4. The van der Waals surface area contributed by atoms with Crippen LogP contribution in [0, 0.1) is 5.82 Å². The number of aliphatic hydroxyl groups is 2. The summed E-state index contributed by atoms with van der Waals surface area (Å²) in [4.78, 5) is 19.2. The molecule has 0 unspecified atom stereocenters. The van der Waals surface area contributed by atoms with Crippen molar-refractivity contribution >= 4 is 34.1 Å². The van der Waals surface area contributed by atoms with Crippen molar-refractivity contribution in [3.63, 3.8) is 0 Å². The molecule has 3 aromatic heterocycles. The van der Waals surface area contributed by atoms with Crippen LogP contribution in [0.5, 0.6) is 0 Å². The molecular formula is C27H32FN9O3S. The Morgan fingerprint density at radius 3 is 2.51 bits per heavy atom. The summed E-state index contributed by atoms with van der Waals surface area (Å²) < 4.78 is 19.1. The number of hydrogen-bond acceptors (Lipinski definition) is 13. The molecule has 4 N–H and O–H groups in total. The van der Waals surface area contributed by atoms with Gasteiger partial charge in [-0.1, -0.05) is 11.3 Å². The van der Waals surface area contributed by atoms with Gasteiger partial charge in [0.1, 0.15) is 22.3 Å². The van der Waals surface area contributed by atoms with Gasteiger partial charge < -0.3 is 30.2 Å². The molecule has 2 aliphatic rings. The van der Waals surface area contributed by atoms with Gasteiger partial charge >= 0.3 is 0 Å². The largest absolute Gasteiger partial charge is 0.415 e. The Morgan fingerprint density at radius 1 is 1.00 bits per heavy atom. The fourth-order valence-corrected chi connectivity index (χ4v) is 5.79. The van der Waals surface area contributed by atoms with Crippen LogP contribution >= 0.6 is 11.3 Å². The molecule has 0 radical (unpaired) electrons. The second-order valence-electron chi connectivity index (χ2n) is 10.2. The number of aliphatic hydroxyl groups excluding tert-OH is 2. The second kappa shape index (κ2) is 12.4. The third-order valence-corrected chi connectivity index (χ3v) is 8.22. The molecule has 0 amide bonds. The van der Waals surface area contributed by atoms with Crippen LogP contribution in [0.2, 0.25) is 0 Å². The Bertz CT molecular complexity index is 1430. The van der Waals surface area contributed by atoms with Crippen molar-refractivity contribution in [3.8, 4) is 22.2 Å². The Balaban J connectivity index is 1.20. The highest BCUT2D eigenvalue weighted by atomic mass is 32.1. The molecule has 2 fully saturated rings. The molecule has 216 valence electrons. The summed E-state index contributed by atoms with van der Waals surface area (Å²) >= 11 is 1.35. The highest BCUT2D eigenvalue weighted by Crippen LogP contribution is 2.32. The van der Waals surface area contributed by atoms with E-state index in [1.165, 1.54) is 23.5 Å². The second-order valence-corrected chi connectivity index (χ2v) is 11.2. The minimum absolute atomic E-state index is 0.151. The number of aromatic nitrogens is 5. The molecule has 4 aromatic rings. The third kappa shape index (κ3) is 6.78. The number of nitrogens with one attached hydrogen (secondary N) is 2. The van der Waals surface area contributed by atoms with Gasteiger partial charge in [0.05, 0.1) is 18.9 Å². The Labute approximate surface area is 240 Å². The van der Waals surface area contributed by atoms with E-state index in [0.29, 0.717) is 45.7 Å². The van der Waals surface area contributed by atoms with Gasteiger partial charge in [-0.15, -0.1) is 10.2 Å². The molecule has 0 spiro atoms. The topological polar surface area (TPSA) is 149 Å². The maximum atomic E-state index is 13.3. The number of halogens is 1. The molecule has 6 rings (SSSR count). The molecule has 0 atom stereocenters. The molecule has 4 heterocycles. The Morgan fingerprint density at radius 2 is 1.76 bits per heavy atom. The lowest BCUT2D eigenvalue weighted by atomic mass is 9.93. The Kier molecular flexibility index (Phi) is 8.32. The molecule has 12 nitrogen and oxygen atoms in total. The number of thiazole rings is 1. The van der Waals surface area contributed by atoms with E-state index in [9.17, 15) is 14.6 Å². The average molecular weight is 582 g/mol. The highest BCUT2D eigenvalue weighted by molar-refractivity contribution is 7.18. The minimum Gasteiger partial charge on any atom is -0.415 e. The normalized spacial score (nSPS) is 19.8. The van der Waals surface area contributed by atoms with Crippen molar-refractivity contribution in [1.82, 2.24) is 30.0 Å². The number of piperazine rings is 1. The predicted molar refractivity (Wildman–Crippen MR) is 154 cm³/mol. The summed E-state index contributed by atoms with van der Waals surface area (Å²) in [5.41, 5.74) is 0.631. The van der Waals surface area contributed by atoms with Gasteiger partial charge in [-0.2, -0.15) is 9.97 Å². The van der Waals surface area contributed by atoms with Crippen LogP contribution in [0.1, 0.15) is 25.7 Å². The summed E-state index contributed by atoms with van der Waals surface area (Å²) in [6, 6.07) is 7.98. The summed E-state index contributed by atoms with van der Waals surface area (Å²) in [6.45, 7) is 4.09. The van der Waals surface area contributed by atoms with Crippen LogP contribution in [0.4, 0.5) is 27.1 Å². The number of rotatable bonds is 9. The fraction of sp³-hybridized carbons (Fsp3) is 0.444. The van der Waals surface area contributed by atoms with Crippen molar-refractivity contribution in [2.24, 2.45) is 0 Å².